The Morgan fingerprint density at radius 1 is 0.741 bits per heavy atom. The number of esters is 2. The van der Waals surface area contributed by atoms with Crippen LogP contribution in [0.1, 0.15) is 136 Å². The van der Waals surface area contributed by atoms with Gasteiger partial charge in [-0.1, -0.05) is 113 Å². The minimum atomic E-state index is -4.69. The number of ether oxygens (including phenoxy) is 2. The Morgan fingerprint density at radius 2 is 1.38 bits per heavy atom. The monoisotopic (exact) mass is 842 g/mol. The molecule has 0 aromatic rings. The molecular weight excluding hydrogens is 767 g/mol. The number of carbonyl (C=O) groups is 2. The Kier molecular flexibility index (Phi) is 31.7. The second-order valence-corrected chi connectivity index (χ2v) is 16.4. The number of unbranched alkanes of at least 4 members (excludes halogenated alkanes) is 8. The summed E-state index contributed by atoms with van der Waals surface area (Å²) in [5, 5.41) is 49.7. The predicted octanol–water partition coefficient (Wildman–Crippen LogP) is 7.49. The highest BCUT2D eigenvalue weighted by Gasteiger charge is 2.39. The lowest BCUT2D eigenvalue weighted by molar-refractivity contribution is -0.161. The highest BCUT2D eigenvalue weighted by Crippen LogP contribution is 2.43. The van der Waals surface area contributed by atoms with E-state index in [2.05, 4.69) is 54.8 Å². The van der Waals surface area contributed by atoms with Crippen LogP contribution < -0.4 is 0 Å². The first-order valence-electron chi connectivity index (χ1n) is 21.5. The summed E-state index contributed by atoms with van der Waals surface area (Å²) in [6, 6.07) is 0. The molecule has 1 aliphatic rings. The molecule has 0 heterocycles. The van der Waals surface area contributed by atoms with Crippen LogP contribution in [0, 0.1) is 11.8 Å². The molecule has 0 aliphatic heterocycles. The van der Waals surface area contributed by atoms with Gasteiger partial charge in [0.25, 0.3) is 0 Å². The Hall–Kier alpha value is -2.45. The molecule has 1 unspecified atom stereocenters. The SMILES string of the molecule is CC/C=C\C/C=C\C/C=C\CCCCCCCC(=O)OC[C@H](COP(=O)(O)OC[C@@H](O)CO)OC(=O)CCC/C=C/C[C@@H]1[C@@H](/C=C/[C@@H](O)CCCCC)[C@H](O)C[C@@H]1O. The Labute approximate surface area is 347 Å². The summed E-state index contributed by atoms with van der Waals surface area (Å²) >= 11 is 0. The molecule has 0 saturated heterocycles. The van der Waals surface area contributed by atoms with Crippen LogP contribution in [0.4, 0.5) is 0 Å². The van der Waals surface area contributed by atoms with Crippen molar-refractivity contribution in [3.8, 4) is 0 Å². The van der Waals surface area contributed by atoms with E-state index in [9.17, 15) is 39.5 Å². The van der Waals surface area contributed by atoms with Gasteiger partial charge in [0, 0.05) is 25.2 Å². The number of phosphoric ester groups is 1. The Morgan fingerprint density at radius 3 is 2.10 bits per heavy atom. The molecule has 1 rings (SSSR count). The molecule has 14 heteroatoms. The molecule has 1 aliphatic carbocycles. The van der Waals surface area contributed by atoms with E-state index in [0.717, 1.165) is 70.6 Å². The molecule has 0 spiro atoms. The van der Waals surface area contributed by atoms with Gasteiger partial charge in [-0.3, -0.25) is 18.6 Å². The van der Waals surface area contributed by atoms with Crippen molar-refractivity contribution in [2.24, 2.45) is 11.8 Å². The highest BCUT2D eigenvalue weighted by atomic mass is 31.2. The fraction of sp³-hybridized carbons (Fsp3) is 0.727. The fourth-order valence-corrected chi connectivity index (χ4v) is 7.14. The molecule has 8 atom stereocenters. The van der Waals surface area contributed by atoms with Crippen molar-refractivity contribution in [2.45, 2.75) is 166 Å². The average molecular weight is 843 g/mol. The van der Waals surface area contributed by atoms with Crippen LogP contribution >= 0.6 is 7.82 Å². The molecule has 6 N–H and O–H groups in total. The molecule has 1 fully saturated rings. The number of hydrogen-bond donors (Lipinski definition) is 6. The Bertz CT molecular complexity index is 1270. The first-order valence-corrected chi connectivity index (χ1v) is 23.0. The minimum absolute atomic E-state index is 0.000590. The molecular formula is C44H75O13P. The van der Waals surface area contributed by atoms with Crippen molar-refractivity contribution in [3.63, 3.8) is 0 Å². The van der Waals surface area contributed by atoms with Crippen molar-refractivity contribution in [1.29, 1.82) is 0 Å². The first kappa shape index (κ1) is 53.6. The van der Waals surface area contributed by atoms with E-state index in [1.54, 1.807) is 6.08 Å². The standard InChI is InChI=1S/C44H75O13P/c1-3-5-7-8-9-10-11-12-13-14-15-16-17-18-23-27-43(50)54-34-38(35-56-58(52,53)55-33-37(47)32-45)57-44(51)28-24-20-19-22-26-39-40(42(49)31-41(39)48)30-29-36(46)25-21-6-4-2/h5,7,9-10,12-13,19,22,29-30,36-42,45-49H,3-4,6,8,11,14-18,20-21,23-28,31-35H2,1-2H3,(H,52,53)/b7-5-,10-9-,13-12-,22-19+,30-29+/t36-,37-,38+,39+,40+,41-,42+/m0/s1. The third kappa shape index (κ3) is 28.1. The number of allylic oxidation sites excluding steroid dienone is 8. The lowest BCUT2D eigenvalue weighted by Crippen LogP contribution is -2.29. The van der Waals surface area contributed by atoms with Gasteiger partial charge >= 0.3 is 19.8 Å². The van der Waals surface area contributed by atoms with Crippen LogP contribution in [-0.4, -0.2) is 99.3 Å². The summed E-state index contributed by atoms with van der Waals surface area (Å²) in [6.07, 6.45) is 30.0. The largest absolute Gasteiger partial charge is 0.472 e. The van der Waals surface area contributed by atoms with Crippen LogP contribution in [0.3, 0.4) is 0 Å². The van der Waals surface area contributed by atoms with E-state index in [4.69, 9.17) is 19.1 Å². The molecule has 0 aromatic heterocycles. The molecule has 334 valence electrons. The molecule has 0 radical (unpaired) electrons. The van der Waals surface area contributed by atoms with Crippen molar-refractivity contribution in [1.82, 2.24) is 0 Å². The maximum absolute atomic E-state index is 12.7. The summed E-state index contributed by atoms with van der Waals surface area (Å²) in [7, 11) is -4.69. The minimum Gasteiger partial charge on any atom is -0.462 e. The molecule has 58 heavy (non-hydrogen) atoms. The van der Waals surface area contributed by atoms with Gasteiger partial charge in [0.1, 0.15) is 12.7 Å². The quantitative estimate of drug-likeness (QED) is 0.0158. The van der Waals surface area contributed by atoms with Crippen LogP contribution in [-0.2, 0) is 32.7 Å². The summed E-state index contributed by atoms with van der Waals surface area (Å²) < 4.78 is 32.7. The van der Waals surface area contributed by atoms with Gasteiger partial charge in [-0.2, -0.15) is 0 Å². The van der Waals surface area contributed by atoms with Crippen LogP contribution in [0.2, 0.25) is 0 Å². The van der Waals surface area contributed by atoms with E-state index in [0.29, 0.717) is 32.1 Å². The van der Waals surface area contributed by atoms with Gasteiger partial charge in [-0.05, 0) is 70.1 Å². The van der Waals surface area contributed by atoms with Gasteiger partial charge in [0.15, 0.2) is 6.10 Å². The second-order valence-electron chi connectivity index (χ2n) is 15.0. The van der Waals surface area contributed by atoms with Gasteiger partial charge in [0.05, 0.1) is 38.1 Å². The highest BCUT2D eigenvalue weighted by molar-refractivity contribution is 7.47. The molecule has 0 amide bonds. The number of aliphatic hydroxyl groups is 5. The van der Waals surface area contributed by atoms with E-state index in [1.165, 1.54) is 0 Å². The number of rotatable bonds is 35. The maximum atomic E-state index is 12.7. The van der Waals surface area contributed by atoms with Crippen molar-refractivity contribution in [2.75, 3.05) is 26.4 Å². The average Bonchev–Trinajstić information content (AvgIpc) is 3.47. The maximum Gasteiger partial charge on any atom is 0.472 e. The van der Waals surface area contributed by atoms with E-state index in [-0.39, 0.29) is 31.1 Å². The number of carbonyl (C=O) groups excluding carboxylic acids is 2. The summed E-state index contributed by atoms with van der Waals surface area (Å²) in [6.45, 7) is 1.85. The molecule has 1 saturated carbocycles. The zero-order valence-corrected chi connectivity index (χ0v) is 36.0. The van der Waals surface area contributed by atoms with Gasteiger partial charge in [-0.25, -0.2) is 4.57 Å². The van der Waals surface area contributed by atoms with E-state index >= 15 is 0 Å². The normalized spacial score (nSPS) is 21.4. The van der Waals surface area contributed by atoms with Crippen molar-refractivity contribution < 1.29 is 63.1 Å². The number of hydrogen-bond acceptors (Lipinski definition) is 12. The lowest BCUT2D eigenvalue weighted by Gasteiger charge is -2.20. The third-order valence-corrected chi connectivity index (χ3v) is 10.7. The molecule has 13 nitrogen and oxygen atoms in total. The molecule has 0 bridgehead atoms. The number of phosphoric acid groups is 1. The zero-order valence-electron chi connectivity index (χ0n) is 35.1. The third-order valence-electron chi connectivity index (χ3n) is 9.73. The van der Waals surface area contributed by atoms with Crippen LogP contribution in [0.5, 0.6) is 0 Å². The van der Waals surface area contributed by atoms with E-state index < -0.39 is 76.7 Å². The van der Waals surface area contributed by atoms with Crippen LogP contribution in [0.15, 0.2) is 60.8 Å². The van der Waals surface area contributed by atoms with Crippen molar-refractivity contribution >= 4 is 19.8 Å². The van der Waals surface area contributed by atoms with Crippen molar-refractivity contribution in [3.05, 3.63) is 60.8 Å². The smallest absolute Gasteiger partial charge is 0.462 e. The number of aliphatic hydroxyl groups excluding tert-OH is 5. The van der Waals surface area contributed by atoms with E-state index in [1.807, 2.05) is 18.2 Å². The topological polar surface area (TPSA) is 210 Å². The Balaban J connectivity index is 2.51. The van der Waals surface area contributed by atoms with Crippen LogP contribution in [0.25, 0.3) is 0 Å². The zero-order chi connectivity index (χ0) is 42.9. The summed E-state index contributed by atoms with van der Waals surface area (Å²) in [4.78, 5) is 35.2. The molecule has 0 aromatic carbocycles. The summed E-state index contributed by atoms with van der Waals surface area (Å²) in [5.74, 6) is -1.61. The fourth-order valence-electron chi connectivity index (χ4n) is 6.35. The first-order chi connectivity index (χ1) is 27.9. The second kappa shape index (κ2) is 34.3. The van der Waals surface area contributed by atoms with Gasteiger partial charge < -0.3 is 39.9 Å². The lowest BCUT2D eigenvalue weighted by atomic mass is 9.89. The van der Waals surface area contributed by atoms with Gasteiger partial charge in [-0.15, -0.1) is 0 Å². The van der Waals surface area contributed by atoms with Gasteiger partial charge in [0.2, 0.25) is 0 Å². The predicted molar refractivity (Wildman–Crippen MR) is 225 cm³/mol. The summed E-state index contributed by atoms with van der Waals surface area (Å²) in [5.41, 5.74) is 0.